The summed E-state index contributed by atoms with van der Waals surface area (Å²) in [6.45, 7) is 1.66. The van der Waals surface area contributed by atoms with Crippen LogP contribution in [0.4, 0.5) is 0 Å². The fourth-order valence-electron chi connectivity index (χ4n) is 1.76. The highest BCUT2D eigenvalue weighted by Crippen LogP contribution is 2.17. The molecule has 1 aliphatic carbocycles. The quantitative estimate of drug-likeness (QED) is 0.593. The molecule has 0 aromatic rings. The molecule has 4 heteroatoms. The first kappa shape index (κ1) is 10.5. The maximum Gasteiger partial charge on any atom is 0.320 e. The first-order chi connectivity index (χ1) is 6.11. The minimum atomic E-state index is -0.808. The van der Waals surface area contributed by atoms with Crippen LogP contribution in [-0.4, -0.2) is 29.2 Å². The van der Waals surface area contributed by atoms with E-state index in [1.807, 2.05) is 0 Å². The molecule has 0 heterocycles. The number of hydrogen-bond acceptors (Lipinski definition) is 3. The van der Waals surface area contributed by atoms with E-state index < -0.39 is 12.0 Å². The van der Waals surface area contributed by atoms with Crippen molar-refractivity contribution in [1.29, 1.82) is 0 Å². The van der Waals surface area contributed by atoms with Gasteiger partial charge in [0.15, 0.2) is 0 Å². The highest BCUT2D eigenvalue weighted by molar-refractivity contribution is 5.72. The smallest absolute Gasteiger partial charge is 0.320 e. The van der Waals surface area contributed by atoms with Gasteiger partial charge in [-0.25, -0.2) is 0 Å². The Kier molecular flexibility index (Phi) is 3.69. The summed E-state index contributed by atoms with van der Waals surface area (Å²) in [5.74, 6) is -0.808. The first-order valence-electron chi connectivity index (χ1n) is 4.85. The molecule has 0 aliphatic heterocycles. The van der Waals surface area contributed by atoms with Gasteiger partial charge in [0, 0.05) is 12.1 Å². The molecule has 0 saturated heterocycles. The van der Waals surface area contributed by atoms with Gasteiger partial charge in [0.2, 0.25) is 0 Å². The summed E-state index contributed by atoms with van der Waals surface area (Å²) in [7, 11) is 0. The molecule has 1 aliphatic rings. The zero-order chi connectivity index (χ0) is 9.84. The molecular weight excluding hydrogens is 168 g/mol. The summed E-state index contributed by atoms with van der Waals surface area (Å²) in [4.78, 5) is 10.6. The Morgan fingerprint density at radius 2 is 2.15 bits per heavy atom. The van der Waals surface area contributed by atoms with Gasteiger partial charge in [-0.2, -0.15) is 0 Å². The average molecular weight is 186 g/mol. The fourth-order valence-corrected chi connectivity index (χ4v) is 1.76. The zero-order valence-electron chi connectivity index (χ0n) is 7.99. The highest BCUT2D eigenvalue weighted by atomic mass is 16.4. The molecule has 0 radical (unpaired) electrons. The van der Waals surface area contributed by atoms with Gasteiger partial charge in [0.1, 0.15) is 6.04 Å². The lowest BCUT2D eigenvalue weighted by molar-refractivity contribution is -0.139. The minimum Gasteiger partial charge on any atom is -0.480 e. The molecule has 1 unspecified atom stereocenters. The van der Waals surface area contributed by atoms with Crippen molar-refractivity contribution in [3.63, 3.8) is 0 Å². The van der Waals surface area contributed by atoms with Crippen molar-refractivity contribution in [2.75, 3.05) is 0 Å². The van der Waals surface area contributed by atoms with Crippen molar-refractivity contribution in [3.8, 4) is 0 Å². The Bertz CT molecular complexity index is 184. The van der Waals surface area contributed by atoms with Crippen LogP contribution in [0.2, 0.25) is 0 Å². The molecule has 0 aromatic carbocycles. The second-order valence-electron chi connectivity index (χ2n) is 3.78. The predicted octanol–water partition coefficient (Wildman–Crippen LogP) is 0.319. The van der Waals surface area contributed by atoms with E-state index in [2.05, 4.69) is 5.32 Å². The maximum atomic E-state index is 10.6. The number of aliphatic carboxylic acids is 1. The topological polar surface area (TPSA) is 75.3 Å². The van der Waals surface area contributed by atoms with Crippen LogP contribution >= 0.6 is 0 Å². The van der Waals surface area contributed by atoms with E-state index >= 15 is 0 Å². The summed E-state index contributed by atoms with van der Waals surface area (Å²) in [6, 6.07) is -0.190. The van der Waals surface area contributed by atoms with Crippen LogP contribution in [0.3, 0.4) is 0 Å². The van der Waals surface area contributed by atoms with Crippen molar-refractivity contribution < 1.29 is 9.90 Å². The summed E-state index contributed by atoms with van der Waals surface area (Å²) >= 11 is 0. The van der Waals surface area contributed by atoms with Crippen LogP contribution < -0.4 is 11.1 Å². The van der Waals surface area contributed by atoms with Gasteiger partial charge in [-0.05, 0) is 19.8 Å². The number of carbonyl (C=O) groups is 1. The molecular formula is C9H18N2O2. The van der Waals surface area contributed by atoms with E-state index in [-0.39, 0.29) is 12.1 Å². The molecule has 4 N–H and O–H groups in total. The first-order valence-corrected chi connectivity index (χ1v) is 4.85. The monoisotopic (exact) mass is 186 g/mol. The number of rotatable bonds is 3. The van der Waals surface area contributed by atoms with Crippen molar-refractivity contribution >= 4 is 5.97 Å². The normalized spacial score (nSPS) is 31.2. The molecule has 0 amide bonds. The molecule has 4 nitrogen and oxygen atoms in total. The average Bonchev–Trinajstić information content (AvgIpc) is 2.08. The molecule has 3 atom stereocenters. The van der Waals surface area contributed by atoms with Crippen LogP contribution in [0.5, 0.6) is 0 Å². The van der Waals surface area contributed by atoms with Crippen LogP contribution in [0.15, 0.2) is 0 Å². The van der Waals surface area contributed by atoms with Crippen molar-refractivity contribution in [2.45, 2.75) is 50.7 Å². The van der Waals surface area contributed by atoms with Gasteiger partial charge in [0.25, 0.3) is 0 Å². The van der Waals surface area contributed by atoms with Crippen molar-refractivity contribution in [3.05, 3.63) is 0 Å². The molecule has 13 heavy (non-hydrogen) atoms. The van der Waals surface area contributed by atoms with Gasteiger partial charge in [-0.1, -0.05) is 12.8 Å². The Labute approximate surface area is 78.5 Å². The van der Waals surface area contributed by atoms with E-state index in [0.717, 1.165) is 19.3 Å². The number of carboxylic acid groups (broad SMARTS) is 1. The Balaban J connectivity index is 2.37. The number of nitrogens with two attached hydrogens (primary N) is 1. The second kappa shape index (κ2) is 4.58. The van der Waals surface area contributed by atoms with Gasteiger partial charge >= 0.3 is 5.97 Å². The Morgan fingerprint density at radius 3 is 2.69 bits per heavy atom. The van der Waals surface area contributed by atoms with Crippen molar-refractivity contribution in [1.82, 2.24) is 5.32 Å². The minimum absolute atomic E-state index is 0.121. The number of nitrogens with one attached hydrogen (secondary N) is 1. The molecule has 1 fully saturated rings. The lowest BCUT2D eigenvalue weighted by Gasteiger charge is -2.30. The molecule has 1 saturated carbocycles. The van der Waals surface area contributed by atoms with Gasteiger partial charge in [0.05, 0.1) is 0 Å². The van der Waals surface area contributed by atoms with Gasteiger partial charge in [-0.15, -0.1) is 0 Å². The third kappa shape index (κ3) is 2.97. The molecule has 1 rings (SSSR count). The van der Waals surface area contributed by atoms with E-state index in [9.17, 15) is 4.79 Å². The largest absolute Gasteiger partial charge is 0.480 e. The summed E-state index contributed by atoms with van der Waals surface area (Å²) < 4.78 is 0. The van der Waals surface area contributed by atoms with E-state index in [1.54, 1.807) is 6.92 Å². The zero-order valence-corrected chi connectivity index (χ0v) is 7.99. The second-order valence-corrected chi connectivity index (χ2v) is 3.78. The van der Waals surface area contributed by atoms with E-state index in [4.69, 9.17) is 10.8 Å². The third-order valence-corrected chi connectivity index (χ3v) is 2.65. The van der Waals surface area contributed by atoms with E-state index in [0.29, 0.717) is 0 Å². The summed E-state index contributed by atoms with van der Waals surface area (Å²) in [5, 5.41) is 11.7. The number of carboxylic acids is 1. The van der Waals surface area contributed by atoms with Crippen LogP contribution in [0, 0.1) is 0 Å². The van der Waals surface area contributed by atoms with Crippen LogP contribution in [0.25, 0.3) is 0 Å². The fraction of sp³-hybridized carbons (Fsp3) is 0.889. The van der Waals surface area contributed by atoms with Crippen LogP contribution in [0.1, 0.15) is 32.6 Å². The predicted molar refractivity (Wildman–Crippen MR) is 50.5 cm³/mol. The summed E-state index contributed by atoms with van der Waals surface area (Å²) in [5.41, 5.74) is 5.87. The maximum absolute atomic E-state index is 10.6. The van der Waals surface area contributed by atoms with E-state index in [1.165, 1.54) is 6.42 Å². The molecule has 0 spiro atoms. The lowest BCUT2D eigenvalue weighted by Crippen LogP contribution is -2.52. The van der Waals surface area contributed by atoms with Crippen molar-refractivity contribution in [2.24, 2.45) is 5.73 Å². The molecule has 76 valence electrons. The number of hydrogen-bond donors (Lipinski definition) is 3. The molecule has 0 aromatic heterocycles. The van der Waals surface area contributed by atoms with Crippen LogP contribution in [-0.2, 0) is 4.79 Å². The molecule has 0 bridgehead atoms. The SMILES string of the molecule is CC(N[C@@H]1CCCC[C@H]1N)C(=O)O. The standard InChI is InChI=1S/C9H18N2O2/c1-6(9(12)13)11-8-5-3-2-4-7(8)10/h6-8,11H,2-5,10H2,1H3,(H,12,13)/t6?,7-,8-/m1/s1. The third-order valence-electron chi connectivity index (χ3n) is 2.65. The summed E-state index contributed by atoms with van der Waals surface area (Å²) in [6.07, 6.45) is 4.32. The van der Waals surface area contributed by atoms with Gasteiger partial charge < -0.3 is 16.2 Å². The highest BCUT2D eigenvalue weighted by Gasteiger charge is 2.24. The Morgan fingerprint density at radius 1 is 1.54 bits per heavy atom. The Hall–Kier alpha value is -0.610. The lowest BCUT2D eigenvalue weighted by atomic mass is 9.90. The van der Waals surface area contributed by atoms with Gasteiger partial charge in [-0.3, -0.25) is 4.79 Å².